The first-order chi connectivity index (χ1) is 7.83. The van der Waals surface area contributed by atoms with Crippen molar-refractivity contribution >= 4 is 11.8 Å². The van der Waals surface area contributed by atoms with E-state index in [0.29, 0.717) is 0 Å². The Labute approximate surface area is 104 Å². The normalized spacial score (nSPS) is 45.9. The summed E-state index contributed by atoms with van der Waals surface area (Å²) in [6.45, 7) is 4.57. The van der Waals surface area contributed by atoms with Crippen LogP contribution in [0.3, 0.4) is 0 Å². The molecule has 0 nitrogen and oxygen atoms in total. The van der Waals surface area contributed by atoms with Gasteiger partial charge in [-0.1, -0.05) is 37.1 Å². The molecule has 1 heteroatoms. The minimum absolute atomic E-state index is 0.886. The fraction of sp³-hybridized carbons (Fsp3) is 0.733. The molecular weight excluding hydrogens is 212 g/mol. The summed E-state index contributed by atoms with van der Waals surface area (Å²) in [4.78, 5) is 0. The van der Waals surface area contributed by atoms with E-state index in [1.165, 1.54) is 32.1 Å². The Bertz CT molecular complexity index is 273. The van der Waals surface area contributed by atoms with Gasteiger partial charge in [-0.15, -0.1) is 11.8 Å². The molecule has 2 saturated heterocycles. The summed E-state index contributed by atoms with van der Waals surface area (Å²) < 4.78 is 0. The highest BCUT2D eigenvalue weighted by atomic mass is 32.2. The smallest absolute Gasteiger partial charge is 0.0270 e. The van der Waals surface area contributed by atoms with Crippen LogP contribution >= 0.6 is 11.8 Å². The fourth-order valence-electron chi connectivity index (χ4n) is 3.93. The van der Waals surface area contributed by atoms with Crippen LogP contribution < -0.4 is 0 Å². The van der Waals surface area contributed by atoms with Crippen LogP contribution in [-0.4, -0.2) is 10.5 Å². The predicted molar refractivity (Wildman–Crippen MR) is 72.7 cm³/mol. The van der Waals surface area contributed by atoms with Crippen molar-refractivity contribution in [2.45, 2.75) is 56.5 Å². The Morgan fingerprint density at radius 2 is 1.44 bits per heavy atom. The van der Waals surface area contributed by atoms with Gasteiger partial charge in [0.1, 0.15) is 0 Å². The molecule has 2 aliphatic carbocycles. The zero-order valence-electron chi connectivity index (χ0n) is 10.4. The zero-order valence-corrected chi connectivity index (χ0v) is 11.2. The van der Waals surface area contributed by atoms with Gasteiger partial charge in [0.05, 0.1) is 0 Å². The second-order valence-corrected chi connectivity index (χ2v) is 6.85. The number of hydrogen-bond donors (Lipinski definition) is 0. The lowest BCUT2D eigenvalue weighted by Gasteiger charge is -2.52. The summed E-state index contributed by atoms with van der Waals surface area (Å²) in [6, 6.07) is 0. The fourth-order valence-corrected chi connectivity index (χ4v) is 5.90. The van der Waals surface area contributed by atoms with E-state index in [4.69, 9.17) is 0 Å². The van der Waals surface area contributed by atoms with E-state index < -0.39 is 0 Å². The van der Waals surface area contributed by atoms with E-state index in [1.54, 1.807) is 0 Å². The summed E-state index contributed by atoms with van der Waals surface area (Å²) in [6.07, 6.45) is 11.9. The third-order valence-electron chi connectivity index (χ3n) is 4.46. The maximum absolute atomic E-state index is 2.53. The van der Waals surface area contributed by atoms with Crippen molar-refractivity contribution in [2.24, 2.45) is 11.8 Å². The van der Waals surface area contributed by atoms with Gasteiger partial charge in [-0.2, -0.15) is 0 Å². The Morgan fingerprint density at radius 3 is 1.81 bits per heavy atom. The average Bonchev–Trinajstić information content (AvgIpc) is 2.26. The van der Waals surface area contributed by atoms with Crippen LogP contribution in [0.2, 0.25) is 0 Å². The van der Waals surface area contributed by atoms with Gasteiger partial charge in [-0.3, -0.25) is 0 Å². The molecule has 88 valence electrons. The molecule has 4 rings (SSSR count). The molecule has 4 atom stereocenters. The van der Waals surface area contributed by atoms with Gasteiger partial charge in [0.25, 0.3) is 0 Å². The third-order valence-corrected chi connectivity index (χ3v) is 6.05. The Morgan fingerprint density at radius 1 is 0.938 bits per heavy atom. The Hall–Kier alpha value is -0.170. The van der Waals surface area contributed by atoms with E-state index in [-0.39, 0.29) is 0 Å². The van der Waals surface area contributed by atoms with Gasteiger partial charge in [-0.25, -0.2) is 0 Å². The molecule has 4 fully saturated rings. The molecule has 4 unspecified atom stereocenters. The quantitative estimate of drug-likeness (QED) is 0.631. The zero-order chi connectivity index (χ0) is 11.1. The molecule has 2 heterocycles. The van der Waals surface area contributed by atoms with Crippen LogP contribution in [0.15, 0.2) is 23.3 Å². The molecule has 0 N–H and O–H groups in total. The van der Waals surface area contributed by atoms with Crippen LogP contribution in [0.5, 0.6) is 0 Å². The summed E-state index contributed by atoms with van der Waals surface area (Å²) >= 11 is 2.27. The van der Waals surface area contributed by atoms with Gasteiger partial charge < -0.3 is 0 Å². The first-order valence-corrected chi connectivity index (χ1v) is 7.83. The highest BCUT2D eigenvalue weighted by molar-refractivity contribution is 8.01. The topological polar surface area (TPSA) is 0 Å². The second kappa shape index (κ2) is 4.25. The summed E-state index contributed by atoms with van der Waals surface area (Å²) in [5.41, 5.74) is 3.63. The van der Waals surface area contributed by atoms with Crippen LogP contribution in [0.4, 0.5) is 0 Å². The van der Waals surface area contributed by atoms with Crippen LogP contribution in [0.25, 0.3) is 0 Å². The largest absolute Gasteiger partial charge is 0.146 e. The molecule has 0 aromatic heterocycles. The molecule has 2 aliphatic heterocycles. The van der Waals surface area contributed by atoms with E-state index >= 15 is 0 Å². The van der Waals surface area contributed by atoms with E-state index in [2.05, 4.69) is 37.8 Å². The molecule has 0 radical (unpaired) electrons. The maximum atomic E-state index is 2.53. The average molecular weight is 234 g/mol. The first kappa shape index (κ1) is 11.0. The lowest BCUT2D eigenvalue weighted by molar-refractivity contribution is 0.298. The number of allylic oxidation sites excluding steroid dienone is 2. The summed E-state index contributed by atoms with van der Waals surface area (Å²) in [7, 11) is 0. The Kier molecular flexibility index (Phi) is 2.91. The van der Waals surface area contributed by atoms with Crippen LogP contribution in [0, 0.1) is 11.8 Å². The van der Waals surface area contributed by atoms with Crippen molar-refractivity contribution in [2.75, 3.05) is 0 Å². The van der Waals surface area contributed by atoms with Crippen molar-refractivity contribution in [3.63, 3.8) is 0 Å². The van der Waals surface area contributed by atoms with Crippen molar-refractivity contribution in [3.8, 4) is 0 Å². The van der Waals surface area contributed by atoms with E-state index in [9.17, 15) is 0 Å². The van der Waals surface area contributed by atoms with Gasteiger partial charge in [0, 0.05) is 10.5 Å². The van der Waals surface area contributed by atoms with E-state index in [1.807, 2.05) is 11.1 Å². The maximum Gasteiger partial charge on any atom is 0.0270 e. The summed E-state index contributed by atoms with van der Waals surface area (Å²) in [5, 5.41) is 1.77. The molecule has 0 spiro atoms. The monoisotopic (exact) mass is 234 g/mol. The highest BCUT2D eigenvalue weighted by Gasteiger charge is 2.47. The standard InChI is InChI=1S/C15H22S/c1-3-5-12-10-7-11-9-14(12)16-15(8-10)13(11)6-4-2/h5-6,10-11,14-15H,3-4,7-9H2,1-2H3/b12-5+,13-6+. The minimum atomic E-state index is 0.886. The molecule has 0 aromatic rings. The lowest BCUT2D eigenvalue weighted by atomic mass is 9.66. The Balaban J connectivity index is 1.87. The molecule has 0 amide bonds. The van der Waals surface area contributed by atoms with Crippen molar-refractivity contribution in [3.05, 3.63) is 23.3 Å². The van der Waals surface area contributed by atoms with Gasteiger partial charge in [-0.05, 0) is 43.9 Å². The molecule has 2 saturated carbocycles. The van der Waals surface area contributed by atoms with Gasteiger partial charge >= 0.3 is 0 Å². The lowest BCUT2D eigenvalue weighted by Crippen LogP contribution is -2.44. The third kappa shape index (κ3) is 1.59. The second-order valence-electron chi connectivity index (χ2n) is 5.44. The number of hydrogen-bond acceptors (Lipinski definition) is 1. The minimum Gasteiger partial charge on any atom is -0.146 e. The molecular formula is C15H22S. The molecule has 16 heavy (non-hydrogen) atoms. The number of rotatable bonds is 2. The molecule has 4 bridgehead atoms. The van der Waals surface area contributed by atoms with Crippen molar-refractivity contribution < 1.29 is 0 Å². The van der Waals surface area contributed by atoms with Gasteiger partial charge in [0.15, 0.2) is 0 Å². The number of thioether (sulfide) groups is 1. The first-order valence-electron chi connectivity index (χ1n) is 6.88. The van der Waals surface area contributed by atoms with Crippen LogP contribution in [0.1, 0.15) is 46.0 Å². The van der Waals surface area contributed by atoms with Crippen molar-refractivity contribution in [1.82, 2.24) is 0 Å². The van der Waals surface area contributed by atoms with E-state index in [0.717, 1.165) is 22.3 Å². The summed E-state index contributed by atoms with van der Waals surface area (Å²) in [5.74, 6) is 1.90. The highest BCUT2D eigenvalue weighted by Crippen LogP contribution is 2.58. The van der Waals surface area contributed by atoms with Crippen LogP contribution in [-0.2, 0) is 0 Å². The SMILES string of the molecule is CC/C=C1\C2CC3CC1SC(C2)/C3=C/CC. The van der Waals surface area contributed by atoms with Gasteiger partial charge in [0.2, 0.25) is 0 Å². The molecule has 4 aliphatic rings. The predicted octanol–water partition coefficient (Wildman–Crippen LogP) is 4.57. The van der Waals surface area contributed by atoms with Crippen molar-refractivity contribution in [1.29, 1.82) is 0 Å². The molecule has 0 aromatic carbocycles.